The second-order valence-corrected chi connectivity index (χ2v) is 10.8. The summed E-state index contributed by atoms with van der Waals surface area (Å²) in [5, 5.41) is 47.0. The van der Waals surface area contributed by atoms with Crippen LogP contribution in [0, 0.1) is 28.6 Å². The number of aliphatic hydroxyl groups excluding tert-OH is 1. The highest BCUT2D eigenvalue weighted by Gasteiger charge is 2.71. The predicted molar refractivity (Wildman–Crippen MR) is 108 cm³/mol. The lowest BCUT2D eigenvalue weighted by Crippen LogP contribution is -2.68. The minimum absolute atomic E-state index is 0.00749. The van der Waals surface area contributed by atoms with Crippen LogP contribution in [0.1, 0.15) is 71.1 Å². The second kappa shape index (κ2) is 6.53. The number of cyclic esters (lactones) is 1. The van der Waals surface area contributed by atoms with Crippen molar-refractivity contribution in [3.63, 3.8) is 0 Å². The molecule has 5 aliphatic rings. The third-order valence-corrected chi connectivity index (χ3v) is 9.93. The van der Waals surface area contributed by atoms with Crippen molar-refractivity contribution >= 4 is 12.2 Å². The number of carbonyl (C=O) groups excluding carboxylic acids is 1. The molecule has 1 heterocycles. The third-order valence-electron chi connectivity index (χ3n) is 9.93. The summed E-state index contributed by atoms with van der Waals surface area (Å²) in [4.78, 5) is 11.7. The first-order chi connectivity index (χ1) is 14.2. The molecule has 0 amide bonds. The van der Waals surface area contributed by atoms with Gasteiger partial charge in [-0.3, -0.25) is 4.79 Å². The molecule has 8 atom stereocenters. The zero-order valence-corrected chi connectivity index (χ0v) is 17.6. The Kier molecular flexibility index (Phi) is 4.45. The van der Waals surface area contributed by atoms with E-state index in [9.17, 15) is 25.3 Å². The van der Waals surface area contributed by atoms with Gasteiger partial charge in [0.2, 0.25) is 0 Å². The summed E-state index contributed by atoms with van der Waals surface area (Å²) < 4.78 is 5.10. The molecule has 0 aromatic carbocycles. The summed E-state index contributed by atoms with van der Waals surface area (Å²) in [5.74, 6) is -0.133. The van der Waals surface area contributed by atoms with Gasteiger partial charge in [0.15, 0.2) is 0 Å². The van der Waals surface area contributed by atoms with Crippen LogP contribution in [0.25, 0.3) is 0 Å². The fraction of sp³-hybridized carbons (Fsp3) is 0.826. The molecule has 4 aliphatic carbocycles. The van der Waals surface area contributed by atoms with Crippen LogP contribution in [0.15, 0.2) is 17.0 Å². The van der Waals surface area contributed by atoms with Crippen molar-refractivity contribution in [2.24, 2.45) is 33.7 Å². The van der Waals surface area contributed by atoms with Gasteiger partial charge in [-0.15, -0.1) is 5.16 Å². The van der Waals surface area contributed by atoms with E-state index in [1.165, 1.54) is 6.21 Å². The molecule has 1 aliphatic heterocycles. The van der Waals surface area contributed by atoms with Crippen LogP contribution >= 0.6 is 0 Å². The standard InChI is InChI=1S/C23H33NO6/c1-20-6-3-17-18(23(20,28)9-5-16(20)14-10-19(26)30-12-14)4-8-22(27)11-15(25)2-7-21(17,22)13-24-29/h12-13,15-18,25,27-29H,2-11H2,1H3/b24-13-/t15-,16+,17-,18+,20+,21-,22+,23+/m0/s1. The van der Waals surface area contributed by atoms with E-state index in [1.54, 1.807) is 6.26 Å². The molecule has 7 heteroatoms. The largest absolute Gasteiger partial charge is 0.434 e. The molecular formula is C23H33NO6. The van der Waals surface area contributed by atoms with E-state index in [0.29, 0.717) is 38.5 Å². The van der Waals surface area contributed by atoms with Crippen LogP contribution in [0.4, 0.5) is 0 Å². The van der Waals surface area contributed by atoms with Crippen molar-refractivity contribution in [1.82, 2.24) is 0 Å². The van der Waals surface area contributed by atoms with Crippen molar-refractivity contribution < 1.29 is 30.1 Å². The lowest BCUT2D eigenvalue weighted by atomic mass is 9.41. The second-order valence-electron chi connectivity index (χ2n) is 10.8. The molecule has 4 saturated carbocycles. The number of rotatable bonds is 2. The summed E-state index contributed by atoms with van der Waals surface area (Å²) in [6, 6.07) is 0. The van der Waals surface area contributed by atoms with Gasteiger partial charge in [0.25, 0.3) is 0 Å². The molecule has 30 heavy (non-hydrogen) atoms. The average molecular weight is 420 g/mol. The molecule has 0 bridgehead atoms. The molecule has 0 spiro atoms. The molecular weight excluding hydrogens is 386 g/mol. The first-order valence-corrected chi connectivity index (χ1v) is 11.4. The van der Waals surface area contributed by atoms with Crippen molar-refractivity contribution in [2.75, 3.05) is 0 Å². The fourth-order valence-corrected chi connectivity index (χ4v) is 8.47. The highest BCUT2D eigenvalue weighted by Crippen LogP contribution is 2.70. The number of nitrogens with zero attached hydrogens (tertiary/aromatic N) is 1. The monoisotopic (exact) mass is 419 g/mol. The zero-order valence-electron chi connectivity index (χ0n) is 17.6. The molecule has 0 unspecified atom stereocenters. The smallest absolute Gasteiger partial charge is 0.314 e. The van der Waals surface area contributed by atoms with Crippen LogP contribution in [0.5, 0.6) is 0 Å². The Morgan fingerprint density at radius 3 is 2.57 bits per heavy atom. The molecule has 0 aromatic rings. The number of hydrogen-bond donors (Lipinski definition) is 4. The van der Waals surface area contributed by atoms with E-state index in [1.807, 2.05) is 0 Å². The summed E-state index contributed by atoms with van der Waals surface area (Å²) in [6.07, 6.45) is 8.50. The number of ether oxygens (including phenoxy) is 1. The summed E-state index contributed by atoms with van der Waals surface area (Å²) in [7, 11) is 0. The van der Waals surface area contributed by atoms with Gasteiger partial charge in [-0.2, -0.15) is 0 Å². The lowest BCUT2D eigenvalue weighted by Gasteiger charge is -2.65. The van der Waals surface area contributed by atoms with Gasteiger partial charge in [0.1, 0.15) is 0 Å². The maximum atomic E-state index is 12.2. The molecule has 5 rings (SSSR count). The Morgan fingerprint density at radius 2 is 1.87 bits per heavy atom. The number of aliphatic hydroxyl groups is 3. The number of esters is 1. The summed E-state index contributed by atoms with van der Waals surface area (Å²) in [5.41, 5.74) is -2.11. The highest BCUT2D eigenvalue weighted by atomic mass is 16.5. The van der Waals surface area contributed by atoms with E-state index >= 15 is 0 Å². The number of carbonyl (C=O) groups is 1. The molecule has 4 fully saturated rings. The first-order valence-electron chi connectivity index (χ1n) is 11.4. The summed E-state index contributed by atoms with van der Waals surface area (Å²) in [6.45, 7) is 2.16. The molecule has 7 nitrogen and oxygen atoms in total. The van der Waals surface area contributed by atoms with Crippen LogP contribution in [-0.4, -0.2) is 50.0 Å². The Hall–Kier alpha value is -1.44. The first kappa shape index (κ1) is 20.5. The van der Waals surface area contributed by atoms with Gasteiger partial charge in [-0.1, -0.05) is 6.92 Å². The fourth-order valence-electron chi connectivity index (χ4n) is 8.47. The molecule has 166 valence electrons. The van der Waals surface area contributed by atoms with Crippen LogP contribution in [-0.2, 0) is 9.53 Å². The predicted octanol–water partition coefficient (Wildman–Crippen LogP) is 2.51. The minimum atomic E-state index is -1.12. The quantitative estimate of drug-likeness (QED) is 0.236. The Morgan fingerprint density at radius 1 is 1.10 bits per heavy atom. The topological polar surface area (TPSA) is 120 Å². The van der Waals surface area contributed by atoms with Gasteiger partial charge in [-0.05, 0) is 74.7 Å². The van der Waals surface area contributed by atoms with E-state index < -0.39 is 22.7 Å². The third kappa shape index (κ3) is 2.43. The van der Waals surface area contributed by atoms with Crippen molar-refractivity contribution in [1.29, 1.82) is 0 Å². The number of fused-ring (bicyclic) bond motifs is 5. The molecule has 0 radical (unpaired) electrons. The SMILES string of the molecule is C[C@]12CC[C@H]3[C@@H](CC[C@@]4(O)C[C@@H](O)CC[C@]34/C=N\O)[C@]1(O)CC[C@@H]2C1=COC(=O)C1. The highest BCUT2D eigenvalue weighted by molar-refractivity contribution is 5.76. The van der Waals surface area contributed by atoms with Gasteiger partial charge >= 0.3 is 5.97 Å². The van der Waals surface area contributed by atoms with E-state index in [0.717, 1.165) is 24.8 Å². The number of oxime groups is 1. The van der Waals surface area contributed by atoms with Crippen LogP contribution in [0.3, 0.4) is 0 Å². The van der Waals surface area contributed by atoms with Gasteiger partial charge in [0.05, 0.1) is 36.2 Å². The van der Waals surface area contributed by atoms with Crippen molar-refractivity contribution in [3.8, 4) is 0 Å². The Labute approximate surface area is 176 Å². The Balaban J connectivity index is 1.52. The van der Waals surface area contributed by atoms with E-state index in [-0.39, 0.29) is 35.6 Å². The van der Waals surface area contributed by atoms with Gasteiger partial charge < -0.3 is 25.3 Å². The van der Waals surface area contributed by atoms with Crippen LogP contribution < -0.4 is 0 Å². The Bertz CT molecular complexity index is 812. The van der Waals surface area contributed by atoms with Crippen LogP contribution in [0.2, 0.25) is 0 Å². The van der Waals surface area contributed by atoms with Crippen molar-refractivity contribution in [2.45, 2.75) is 88.4 Å². The maximum absolute atomic E-state index is 12.2. The summed E-state index contributed by atoms with van der Waals surface area (Å²) >= 11 is 0. The average Bonchev–Trinajstić information content (AvgIpc) is 3.23. The maximum Gasteiger partial charge on any atom is 0.314 e. The van der Waals surface area contributed by atoms with Gasteiger partial charge in [0, 0.05) is 17.3 Å². The molecule has 4 N–H and O–H groups in total. The molecule has 0 aromatic heterocycles. The van der Waals surface area contributed by atoms with Gasteiger partial charge in [-0.25, -0.2) is 0 Å². The molecule has 0 saturated heterocycles. The van der Waals surface area contributed by atoms with E-state index in [2.05, 4.69) is 12.1 Å². The van der Waals surface area contributed by atoms with Crippen molar-refractivity contribution in [3.05, 3.63) is 11.8 Å². The van der Waals surface area contributed by atoms with E-state index in [4.69, 9.17) is 4.74 Å². The minimum Gasteiger partial charge on any atom is -0.434 e. The number of hydrogen-bond acceptors (Lipinski definition) is 7. The normalized spacial score (nSPS) is 53.1. The zero-order chi connectivity index (χ0) is 21.4. The lowest BCUT2D eigenvalue weighted by molar-refractivity contribution is -0.237.